The zero-order chi connectivity index (χ0) is 19.6. The Labute approximate surface area is 168 Å². The molecule has 1 aromatic rings. The standard InChI is InChI=1S/C23H32N2O3/c1-28-11-10-21(26)25-16-23(17-25,13-18-6-3-2-4-7-18)22(27)24-14-19-8-5-9-20(12-19)15-24/h2-4,6-7,19-20H,5,8-17H2,1H3. The van der Waals surface area contributed by atoms with Gasteiger partial charge in [0.15, 0.2) is 0 Å². The van der Waals surface area contributed by atoms with Gasteiger partial charge in [0.2, 0.25) is 11.8 Å². The molecule has 2 aliphatic heterocycles. The molecular weight excluding hydrogens is 352 g/mol. The highest BCUT2D eigenvalue weighted by atomic mass is 16.5. The lowest BCUT2D eigenvalue weighted by atomic mass is 9.71. The number of likely N-dealkylation sites (tertiary alicyclic amines) is 2. The van der Waals surface area contributed by atoms with Gasteiger partial charge in [0.1, 0.15) is 0 Å². The van der Waals surface area contributed by atoms with Gasteiger partial charge in [-0.15, -0.1) is 0 Å². The first-order chi connectivity index (χ1) is 13.6. The Balaban J connectivity index is 1.49. The summed E-state index contributed by atoms with van der Waals surface area (Å²) in [5.74, 6) is 1.70. The topological polar surface area (TPSA) is 49.9 Å². The van der Waals surface area contributed by atoms with Crippen LogP contribution in [0.15, 0.2) is 30.3 Å². The number of benzene rings is 1. The molecule has 152 valence electrons. The van der Waals surface area contributed by atoms with Crippen molar-refractivity contribution in [3.63, 3.8) is 0 Å². The highest BCUT2D eigenvalue weighted by Gasteiger charge is 2.53. The summed E-state index contributed by atoms with van der Waals surface area (Å²) in [6, 6.07) is 10.2. The predicted octanol–water partition coefficient (Wildman–Crippen LogP) is 2.74. The van der Waals surface area contributed by atoms with Crippen LogP contribution in [0.2, 0.25) is 0 Å². The molecular formula is C23H32N2O3. The Morgan fingerprint density at radius 1 is 1.07 bits per heavy atom. The van der Waals surface area contributed by atoms with E-state index in [2.05, 4.69) is 17.0 Å². The van der Waals surface area contributed by atoms with E-state index in [0.717, 1.165) is 13.1 Å². The van der Waals surface area contributed by atoms with Gasteiger partial charge >= 0.3 is 0 Å². The molecule has 0 N–H and O–H groups in total. The van der Waals surface area contributed by atoms with Gasteiger partial charge in [-0.2, -0.15) is 0 Å². The van der Waals surface area contributed by atoms with E-state index < -0.39 is 5.41 Å². The number of carbonyl (C=O) groups excluding carboxylic acids is 2. The van der Waals surface area contributed by atoms with Crippen molar-refractivity contribution in [3.8, 4) is 0 Å². The van der Waals surface area contributed by atoms with Gasteiger partial charge in [0.25, 0.3) is 0 Å². The smallest absolute Gasteiger partial charge is 0.232 e. The van der Waals surface area contributed by atoms with Crippen LogP contribution >= 0.6 is 0 Å². The lowest BCUT2D eigenvalue weighted by Crippen LogP contribution is -2.67. The maximum atomic E-state index is 13.7. The number of hydrogen-bond donors (Lipinski definition) is 0. The monoisotopic (exact) mass is 384 g/mol. The quantitative estimate of drug-likeness (QED) is 0.758. The van der Waals surface area contributed by atoms with Crippen molar-refractivity contribution in [1.29, 1.82) is 0 Å². The lowest BCUT2D eigenvalue weighted by molar-refractivity contribution is -0.163. The second-order valence-electron chi connectivity index (χ2n) is 9.04. The Kier molecular flexibility index (Phi) is 5.72. The van der Waals surface area contributed by atoms with Crippen molar-refractivity contribution < 1.29 is 14.3 Å². The second kappa shape index (κ2) is 8.24. The maximum Gasteiger partial charge on any atom is 0.232 e. The van der Waals surface area contributed by atoms with E-state index in [9.17, 15) is 9.59 Å². The van der Waals surface area contributed by atoms with Gasteiger partial charge in [-0.1, -0.05) is 36.8 Å². The molecule has 0 radical (unpaired) electrons. The third-order valence-corrected chi connectivity index (χ3v) is 6.83. The van der Waals surface area contributed by atoms with Crippen LogP contribution < -0.4 is 0 Å². The molecule has 2 atom stereocenters. The van der Waals surface area contributed by atoms with Crippen molar-refractivity contribution in [2.24, 2.45) is 17.3 Å². The summed E-state index contributed by atoms with van der Waals surface area (Å²) in [4.78, 5) is 30.1. The first kappa shape index (κ1) is 19.4. The normalized spacial score (nSPS) is 25.9. The van der Waals surface area contributed by atoms with Crippen molar-refractivity contribution in [1.82, 2.24) is 9.80 Å². The Morgan fingerprint density at radius 2 is 1.75 bits per heavy atom. The van der Waals surface area contributed by atoms with E-state index in [0.29, 0.717) is 44.4 Å². The zero-order valence-electron chi connectivity index (χ0n) is 16.9. The van der Waals surface area contributed by atoms with Crippen LogP contribution in [-0.2, 0) is 20.7 Å². The van der Waals surface area contributed by atoms with Crippen LogP contribution in [0, 0.1) is 17.3 Å². The minimum atomic E-state index is -0.463. The molecule has 4 rings (SSSR count). The Morgan fingerprint density at radius 3 is 2.39 bits per heavy atom. The molecule has 2 bridgehead atoms. The number of ether oxygens (including phenoxy) is 1. The van der Waals surface area contributed by atoms with Crippen molar-refractivity contribution in [2.75, 3.05) is 39.9 Å². The molecule has 1 saturated carbocycles. The number of methoxy groups -OCH3 is 1. The Hall–Kier alpha value is -1.88. The molecule has 0 spiro atoms. The number of hydrogen-bond acceptors (Lipinski definition) is 3. The van der Waals surface area contributed by atoms with E-state index in [-0.39, 0.29) is 11.8 Å². The van der Waals surface area contributed by atoms with Crippen molar-refractivity contribution in [3.05, 3.63) is 35.9 Å². The fourth-order valence-electron chi connectivity index (χ4n) is 5.45. The molecule has 5 heteroatoms. The number of rotatable bonds is 6. The van der Waals surface area contributed by atoms with Crippen LogP contribution in [0.3, 0.4) is 0 Å². The third kappa shape index (κ3) is 3.95. The summed E-state index contributed by atoms with van der Waals surface area (Å²) in [5.41, 5.74) is 0.715. The van der Waals surface area contributed by atoms with Crippen LogP contribution in [0.25, 0.3) is 0 Å². The first-order valence-electron chi connectivity index (χ1n) is 10.7. The predicted molar refractivity (Wildman–Crippen MR) is 108 cm³/mol. The van der Waals surface area contributed by atoms with E-state index in [1.165, 1.54) is 31.2 Å². The minimum absolute atomic E-state index is 0.0915. The minimum Gasteiger partial charge on any atom is -0.384 e. The van der Waals surface area contributed by atoms with Gasteiger partial charge in [-0.3, -0.25) is 9.59 Å². The molecule has 3 fully saturated rings. The average Bonchev–Trinajstić information content (AvgIpc) is 2.68. The lowest BCUT2D eigenvalue weighted by Gasteiger charge is -2.53. The number of carbonyl (C=O) groups is 2. The van der Waals surface area contributed by atoms with Gasteiger partial charge in [-0.05, 0) is 43.1 Å². The summed E-state index contributed by atoms with van der Waals surface area (Å²) in [6.07, 6.45) is 6.22. The van der Waals surface area contributed by atoms with Gasteiger partial charge < -0.3 is 14.5 Å². The molecule has 1 aromatic carbocycles. The van der Waals surface area contributed by atoms with E-state index in [1.807, 2.05) is 23.1 Å². The van der Waals surface area contributed by atoms with Gasteiger partial charge in [-0.25, -0.2) is 0 Å². The van der Waals surface area contributed by atoms with E-state index in [1.54, 1.807) is 7.11 Å². The molecule has 2 saturated heterocycles. The number of fused-ring (bicyclic) bond motifs is 2. The van der Waals surface area contributed by atoms with Crippen molar-refractivity contribution >= 4 is 11.8 Å². The zero-order valence-corrected chi connectivity index (χ0v) is 16.9. The molecule has 2 unspecified atom stereocenters. The molecule has 0 aromatic heterocycles. The summed E-state index contributed by atoms with van der Waals surface area (Å²) >= 11 is 0. The van der Waals surface area contributed by atoms with Gasteiger partial charge in [0.05, 0.1) is 18.4 Å². The van der Waals surface area contributed by atoms with Crippen LogP contribution in [0.5, 0.6) is 0 Å². The molecule has 1 aliphatic carbocycles. The van der Waals surface area contributed by atoms with Crippen molar-refractivity contribution in [2.45, 2.75) is 38.5 Å². The molecule has 5 nitrogen and oxygen atoms in total. The molecule has 2 heterocycles. The Bertz CT molecular complexity index is 687. The third-order valence-electron chi connectivity index (χ3n) is 6.83. The van der Waals surface area contributed by atoms with E-state index in [4.69, 9.17) is 4.74 Å². The highest BCUT2D eigenvalue weighted by molar-refractivity contribution is 5.88. The fourth-order valence-corrected chi connectivity index (χ4v) is 5.45. The first-order valence-corrected chi connectivity index (χ1v) is 10.7. The molecule has 3 aliphatic rings. The number of amides is 2. The van der Waals surface area contributed by atoms with Gasteiger partial charge in [0, 0.05) is 33.3 Å². The maximum absolute atomic E-state index is 13.7. The molecule has 2 amide bonds. The van der Waals surface area contributed by atoms with Crippen LogP contribution in [0.1, 0.15) is 37.7 Å². The summed E-state index contributed by atoms with van der Waals surface area (Å²) in [7, 11) is 1.61. The largest absolute Gasteiger partial charge is 0.384 e. The highest BCUT2D eigenvalue weighted by Crippen LogP contribution is 2.40. The average molecular weight is 385 g/mol. The number of nitrogens with zero attached hydrogens (tertiary/aromatic N) is 2. The SMILES string of the molecule is COCCC(=O)N1CC(Cc2ccccc2)(C(=O)N2CC3CCCC(C3)C2)C1. The van der Waals surface area contributed by atoms with Crippen LogP contribution in [-0.4, -0.2) is 61.5 Å². The molecule has 28 heavy (non-hydrogen) atoms. The van der Waals surface area contributed by atoms with E-state index >= 15 is 0 Å². The fraction of sp³-hybridized carbons (Fsp3) is 0.652. The summed E-state index contributed by atoms with van der Waals surface area (Å²) in [5, 5.41) is 0. The second-order valence-corrected chi connectivity index (χ2v) is 9.04. The van der Waals surface area contributed by atoms with Crippen LogP contribution in [0.4, 0.5) is 0 Å². The summed E-state index contributed by atoms with van der Waals surface area (Å²) in [6.45, 7) is 3.32. The summed E-state index contributed by atoms with van der Waals surface area (Å²) < 4.78 is 5.04. The number of piperidine rings is 1.